The highest BCUT2D eigenvalue weighted by Gasteiger charge is 2.15. The number of carbonyl (C=O) groups is 2. The molecule has 0 radical (unpaired) electrons. The Morgan fingerprint density at radius 1 is 0.957 bits per heavy atom. The van der Waals surface area contributed by atoms with Gasteiger partial charge in [-0.25, -0.2) is 4.79 Å². The third-order valence-corrected chi connectivity index (χ3v) is 4.26. The van der Waals surface area contributed by atoms with Crippen LogP contribution in [0.15, 0.2) is 66.0 Å². The van der Waals surface area contributed by atoms with Gasteiger partial charge >= 0.3 is 5.97 Å². The van der Waals surface area contributed by atoms with Crippen molar-refractivity contribution in [2.45, 2.75) is 0 Å². The van der Waals surface area contributed by atoms with E-state index >= 15 is 0 Å². The Bertz CT molecular complexity index is 842. The molecule has 0 fully saturated rings. The van der Waals surface area contributed by atoms with Crippen LogP contribution >= 0.6 is 11.3 Å². The molecule has 0 saturated heterocycles. The third kappa shape index (κ3) is 3.30. The minimum absolute atomic E-state index is 0.0644. The van der Waals surface area contributed by atoms with E-state index in [9.17, 15) is 14.7 Å². The molecular weight excluding hydrogens is 310 g/mol. The molecule has 3 aromatic rings. The maximum atomic E-state index is 12.3. The van der Waals surface area contributed by atoms with E-state index in [2.05, 4.69) is 5.32 Å². The summed E-state index contributed by atoms with van der Waals surface area (Å²) in [5.41, 5.74) is 1.70. The summed E-state index contributed by atoms with van der Waals surface area (Å²) >= 11 is 1.55. The van der Waals surface area contributed by atoms with Gasteiger partial charge in [-0.3, -0.25) is 4.79 Å². The van der Waals surface area contributed by atoms with Crippen LogP contribution in [0.4, 0.5) is 5.69 Å². The molecule has 0 spiro atoms. The van der Waals surface area contributed by atoms with Crippen molar-refractivity contribution in [3.63, 3.8) is 0 Å². The summed E-state index contributed by atoms with van der Waals surface area (Å²) in [6.45, 7) is 0. The highest BCUT2D eigenvalue weighted by atomic mass is 32.1. The molecule has 0 unspecified atom stereocenters. The number of aromatic carboxylic acids is 1. The number of rotatable bonds is 4. The molecular formula is C18H13NO3S. The van der Waals surface area contributed by atoms with Gasteiger partial charge in [-0.1, -0.05) is 30.3 Å². The fourth-order valence-corrected chi connectivity index (χ4v) is 2.94. The predicted octanol–water partition coefficient (Wildman–Crippen LogP) is 4.37. The first kappa shape index (κ1) is 15.0. The number of carboxylic acids is 1. The molecule has 0 bridgehead atoms. The summed E-state index contributed by atoms with van der Waals surface area (Å²) < 4.78 is 0. The monoisotopic (exact) mass is 323 g/mol. The zero-order chi connectivity index (χ0) is 16.2. The third-order valence-electron chi connectivity index (χ3n) is 3.34. The molecule has 0 saturated carbocycles. The maximum absolute atomic E-state index is 12.3. The Hall–Kier alpha value is -2.92. The Balaban J connectivity index is 1.97. The molecule has 114 valence electrons. The second kappa shape index (κ2) is 6.46. The highest BCUT2D eigenvalue weighted by Crippen LogP contribution is 2.29. The molecule has 3 rings (SSSR count). The van der Waals surface area contributed by atoms with E-state index in [4.69, 9.17) is 0 Å². The number of benzene rings is 2. The first-order chi connectivity index (χ1) is 11.1. The van der Waals surface area contributed by atoms with Crippen molar-refractivity contribution in [2.75, 3.05) is 5.32 Å². The van der Waals surface area contributed by atoms with Crippen molar-refractivity contribution >= 4 is 28.9 Å². The van der Waals surface area contributed by atoms with Gasteiger partial charge in [-0.15, -0.1) is 11.3 Å². The smallest absolute Gasteiger partial charge is 0.337 e. The first-order valence-corrected chi connectivity index (χ1v) is 7.81. The van der Waals surface area contributed by atoms with Crippen LogP contribution < -0.4 is 5.32 Å². The van der Waals surface area contributed by atoms with Gasteiger partial charge in [0.05, 0.1) is 11.3 Å². The van der Waals surface area contributed by atoms with Crippen molar-refractivity contribution < 1.29 is 14.7 Å². The Morgan fingerprint density at radius 3 is 2.39 bits per heavy atom. The lowest BCUT2D eigenvalue weighted by atomic mass is 10.1. The Labute approximate surface area is 137 Å². The van der Waals surface area contributed by atoms with E-state index in [0.717, 1.165) is 10.4 Å². The summed E-state index contributed by atoms with van der Waals surface area (Å²) in [5.74, 6) is -1.41. The van der Waals surface area contributed by atoms with Crippen LogP contribution in [0.3, 0.4) is 0 Å². The van der Waals surface area contributed by atoms with Crippen LogP contribution in [0.25, 0.3) is 10.4 Å². The molecule has 2 N–H and O–H groups in total. The van der Waals surface area contributed by atoms with E-state index < -0.39 is 5.97 Å². The fourth-order valence-electron chi connectivity index (χ4n) is 2.21. The quantitative estimate of drug-likeness (QED) is 0.749. The van der Waals surface area contributed by atoms with Gasteiger partial charge in [0.2, 0.25) is 0 Å². The lowest BCUT2D eigenvalue weighted by Gasteiger charge is -2.10. The Morgan fingerprint density at radius 2 is 1.74 bits per heavy atom. The molecule has 0 aliphatic carbocycles. The second-order valence-corrected chi connectivity index (χ2v) is 5.81. The molecule has 23 heavy (non-hydrogen) atoms. The average Bonchev–Trinajstić information content (AvgIpc) is 3.10. The zero-order valence-electron chi connectivity index (χ0n) is 12.0. The van der Waals surface area contributed by atoms with Crippen molar-refractivity contribution in [1.29, 1.82) is 0 Å². The van der Waals surface area contributed by atoms with Crippen LogP contribution in [0.2, 0.25) is 0 Å². The van der Waals surface area contributed by atoms with Gasteiger partial charge in [0, 0.05) is 10.4 Å². The number of anilines is 1. The number of hydrogen-bond acceptors (Lipinski definition) is 3. The number of carbonyl (C=O) groups excluding carboxylic acids is 1. The molecule has 1 heterocycles. The Kier molecular flexibility index (Phi) is 4.21. The summed E-state index contributed by atoms with van der Waals surface area (Å²) in [6.07, 6.45) is 0. The minimum atomic E-state index is -1.08. The summed E-state index contributed by atoms with van der Waals surface area (Å²) in [6, 6.07) is 17.5. The van der Waals surface area contributed by atoms with Gasteiger partial charge < -0.3 is 10.4 Å². The van der Waals surface area contributed by atoms with Gasteiger partial charge in [0.15, 0.2) is 0 Å². The van der Waals surface area contributed by atoms with Gasteiger partial charge in [-0.05, 0) is 41.3 Å². The number of hydrogen-bond donors (Lipinski definition) is 2. The number of amides is 1. The average molecular weight is 323 g/mol. The molecule has 4 nitrogen and oxygen atoms in total. The molecule has 0 atom stereocenters. The number of thiophene rings is 1. The molecule has 0 aliphatic heterocycles. The van der Waals surface area contributed by atoms with Crippen LogP contribution in [0.1, 0.15) is 20.7 Å². The lowest BCUT2D eigenvalue weighted by molar-refractivity contribution is 0.0698. The molecule has 1 amide bonds. The standard InChI is InChI=1S/C18H13NO3S/c20-17(12-5-2-1-3-6-12)19-15-11-13(16-7-4-10-23-16)8-9-14(15)18(21)22/h1-11H,(H,19,20)(H,21,22). The minimum Gasteiger partial charge on any atom is -0.478 e. The van der Waals surface area contributed by atoms with Crippen molar-refractivity contribution in [3.05, 3.63) is 77.2 Å². The van der Waals surface area contributed by atoms with E-state index in [0.29, 0.717) is 5.56 Å². The maximum Gasteiger partial charge on any atom is 0.337 e. The normalized spacial score (nSPS) is 10.3. The zero-order valence-corrected chi connectivity index (χ0v) is 12.8. The van der Waals surface area contributed by atoms with E-state index in [1.165, 1.54) is 6.07 Å². The largest absolute Gasteiger partial charge is 0.478 e. The van der Waals surface area contributed by atoms with Crippen molar-refractivity contribution in [2.24, 2.45) is 0 Å². The molecule has 2 aromatic carbocycles. The number of nitrogens with one attached hydrogen (secondary N) is 1. The predicted molar refractivity (Wildman–Crippen MR) is 91.1 cm³/mol. The number of carboxylic acid groups (broad SMARTS) is 1. The van der Waals surface area contributed by atoms with Gasteiger partial charge in [-0.2, -0.15) is 0 Å². The van der Waals surface area contributed by atoms with Gasteiger partial charge in [0.1, 0.15) is 0 Å². The molecule has 0 aliphatic rings. The van der Waals surface area contributed by atoms with Crippen molar-refractivity contribution in [1.82, 2.24) is 0 Å². The molecule has 5 heteroatoms. The van der Waals surface area contributed by atoms with Gasteiger partial charge in [0.25, 0.3) is 5.91 Å². The lowest BCUT2D eigenvalue weighted by Crippen LogP contribution is -2.14. The molecule has 1 aromatic heterocycles. The van der Waals surface area contributed by atoms with E-state index in [-0.39, 0.29) is 17.2 Å². The second-order valence-electron chi connectivity index (χ2n) is 4.86. The summed E-state index contributed by atoms with van der Waals surface area (Å²) in [4.78, 5) is 24.7. The summed E-state index contributed by atoms with van der Waals surface area (Å²) in [5, 5.41) is 14.0. The van der Waals surface area contributed by atoms with Crippen molar-refractivity contribution in [3.8, 4) is 10.4 Å². The summed E-state index contributed by atoms with van der Waals surface area (Å²) in [7, 11) is 0. The van der Waals surface area contributed by atoms with E-state index in [1.54, 1.807) is 47.7 Å². The van der Waals surface area contributed by atoms with Crippen LogP contribution in [0, 0.1) is 0 Å². The van der Waals surface area contributed by atoms with E-state index in [1.807, 2.05) is 23.6 Å². The fraction of sp³-hybridized carbons (Fsp3) is 0. The van der Waals surface area contributed by atoms with Crippen LogP contribution in [-0.2, 0) is 0 Å². The first-order valence-electron chi connectivity index (χ1n) is 6.93. The topological polar surface area (TPSA) is 66.4 Å². The SMILES string of the molecule is O=C(Nc1cc(-c2cccs2)ccc1C(=O)O)c1ccccc1. The highest BCUT2D eigenvalue weighted by molar-refractivity contribution is 7.13. The van der Waals surface area contributed by atoms with Crippen LogP contribution in [-0.4, -0.2) is 17.0 Å². The van der Waals surface area contributed by atoms with Crippen LogP contribution in [0.5, 0.6) is 0 Å².